The van der Waals surface area contributed by atoms with Gasteiger partial charge in [-0.15, -0.1) is 0 Å². The van der Waals surface area contributed by atoms with Crippen molar-refractivity contribution in [2.45, 2.75) is 18.8 Å². The molecule has 1 aliphatic heterocycles. The van der Waals surface area contributed by atoms with E-state index >= 15 is 0 Å². The highest BCUT2D eigenvalue weighted by Crippen LogP contribution is 2.29. The van der Waals surface area contributed by atoms with Gasteiger partial charge in [0.25, 0.3) is 0 Å². The summed E-state index contributed by atoms with van der Waals surface area (Å²) in [7, 11) is 5.96. The number of ether oxygens (including phenoxy) is 1. The average molecular weight is 277 g/mol. The summed E-state index contributed by atoms with van der Waals surface area (Å²) >= 11 is 0. The van der Waals surface area contributed by atoms with Crippen LogP contribution >= 0.6 is 0 Å². The first kappa shape index (κ1) is 14.9. The van der Waals surface area contributed by atoms with Gasteiger partial charge in [-0.05, 0) is 17.7 Å². The number of hydrogen-bond acceptors (Lipinski definition) is 2. The van der Waals surface area contributed by atoms with Crippen molar-refractivity contribution in [3.05, 3.63) is 29.8 Å². The van der Waals surface area contributed by atoms with Gasteiger partial charge in [-0.3, -0.25) is 4.79 Å². The van der Waals surface area contributed by atoms with Crippen LogP contribution in [0.1, 0.15) is 24.3 Å². The highest BCUT2D eigenvalue weighted by Gasteiger charge is 2.30. The van der Waals surface area contributed by atoms with Crippen LogP contribution in [-0.2, 0) is 4.79 Å². The van der Waals surface area contributed by atoms with E-state index in [1.807, 2.05) is 17.0 Å². The lowest BCUT2D eigenvalue weighted by molar-refractivity contribution is -0.858. The molecular formula is C16H25N2O2+. The molecule has 2 rings (SSSR count). The molecule has 0 aliphatic carbocycles. The van der Waals surface area contributed by atoms with Crippen LogP contribution in [-0.4, -0.2) is 51.6 Å². The van der Waals surface area contributed by atoms with Crippen molar-refractivity contribution in [3.8, 4) is 5.75 Å². The molecule has 0 aromatic heterocycles. The van der Waals surface area contributed by atoms with Crippen molar-refractivity contribution in [3.63, 3.8) is 0 Å². The summed E-state index contributed by atoms with van der Waals surface area (Å²) in [6.07, 6.45) is 1.71. The Hall–Kier alpha value is -1.55. The Morgan fingerprint density at radius 2 is 2.00 bits per heavy atom. The number of hydrogen-bond donors (Lipinski definition) is 1. The molecule has 4 nitrogen and oxygen atoms in total. The van der Waals surface area contributed by atoms with Crippen molar-refractivity contribution < 1.29 is 14.4 Å². The van der Waals surface area contributed by atoms with Crippen LogP contribution in [0.25, 0.3) is 0 Å². The van der Waals surface area contributed by atoms with Crippen LogP contribution in [0, 0.1) is 0 Å². The Morgan fingerprint density at radius 3 is 2.60 bits per heavy atom. The van der Waals surface area contributed by atoms with Crippen LogP contribution in [0.3, 0.4) is 0 Å². The monoisotopic (exact) mass is 277 g/mol. The van der Waals surface area contributed by atoms with Crippen LogP contribution in [0.15, 0.2) is 24.3 Å². The number of nitrogens with one attached hydrogen (secondary N) is 1. The molecule has 1 aromatic rings. The van der Waals surface area contributed by atoms with Crippen molar-refractivity contribution in [2.24, 2.45) is 0 Å². The van der Waals surface area contributed by atoms with Gasteiger partial charge >= 0.3 is 0 Å². The summed E-state index contributed by atoms with van der Waals surface area (Å²) in [5.74, 6) is 1.49. The quantitative estimate of drug-likeness (QED) is 0.824. The van der Waals surface area contributed by atoms with Gasteiger partial charge in [0, 0.05) is 31.8 Å². The van der Waals surface area contributed by atoms with Gasteiger partial charge in [-0.25, -0.2) is 0 Å². The summed E-state index contributed by atoms with van der Waals surface area (Å²) < 4.78 is 5.17. The van der Waals surface area contributed by atoms with Gasteiger partial charge < -0.3 is 14.5 Å². The molecular weight excluding hydrogens is 252 g/mol. The van der Waals surface area contributed by atoms with E-state index in [1.165, 1.54) is 10.5 Å². The minimum absolute atomic E-state index is 0.291. The Labute approximate surface area is 121 Å². The van der Waals surface area contributed by atoms with Gasteiger partial charge in [0.15, 0.2) is 0 Å². The lowest BCUT2D eigenvalue weighted by Gasteiger charge is -2.17. The molecule has 110 valence electrons. The average Bonchev–Trinajstić information content (AvgIpc) is 2.80. The third kappa shape index (κ3) is 3.73. The molecule has 1 amide bonds. The molecule has 0 saturated carbocycles. The fraction of sp³-hybridized carbons (Fsp3) is 0.562. The van der Waals surface area contributed by atoms with Gasteiger partial charge in [0.05, 0.1) is 27.7 Å². The number of benzene rings is 1. The molecule has 0 spiro atoms. The second-order valence-electron chi connectivity index (χ2n) is 5.82. The molecule has 1 aromatic carbocycles. The highest BCUT2D eigenvalue weighted by molar-refractivity contribution is 5.79. The molecule has 1 heterocycles. The zero-order valence-electron chi connectivity index (χ0n) is 12.7. The van der Waals surface area contributed by atoms with Crippen molar-refractivity contribution in [1.82, 2.24) is 4.90 Å². The minimum Gasteiger partial charge on any atom is -0.497 e. The molecule has 20 heavy (non-hydrogen) atoms. The van der Waals surface area contributed by atoms with E-state index in [1.54, 1.807) is 7.11 Å². The first-order chi connectivity index (χ1) is 9.60. The second kappa shape index (κ2) is 6.75. The first-order valence-corrected chi connectivity index (χ1v) is 7.31. The number of carbonyl (C=O) groups is 1. The third-order valence-corrected chi connectivity index (χ3v) is 3.91. The number of carbonyl (C=O) groups excluding carboxylic acids is 1. The lowest BCUT2D eigenvalue weighted by atomic mass is 9.98. The maximum Gasteiger partial charge on any atom is 0.223 e. The van der Waals surface area contributed by atoms with Crippen molar-refractivity contribution in [2.75, 3.05) is 40.8 Å². The van der Waals surface area contributed by atoms with Crippen molar-refractivity contribution >= 4 is 5.91 Å². The zero-order valence-corrected chi connectivity index (χ0v) is 12.7. The first-order valence-electron chi connectivity index (χ1n) is 7.31. The topological polar surface area (TPSA) is 34.0 Å². The molecule has 4 heteroatoms. The van der Waals surface area contributed by atoms with Gasteiger partial charge in [0.1, 0.15) is 5.75 Å². The van der Waals surface area contributed by atoms with Crippen LogP contribution < -0.4 is 9.64 Å². The largest absolute Gasteiger partial charge is 0.497 e. The summed E-state index contributed by atoms with van der Waals surface area (Å²) in [5, 5.41) is 0. The normalized spacial score (nSPS) is 18.9. The van der Waals surface area contributed by atoms with E-state index in [-0.39, 0.29) is 0 Å². The lowest BCUT2D eigenvalue weighted by Crippen LogP contribution is -3.05. The Balaban J connectivity index is 1.90. The van der Waals surface area contributed by atoms with Gasteiger partial charge in [-0.2, -0.15) is 0 Å². The number of methoxy groups -OCH3 is 1. The zero-order chi connectivity index (χ0) is 14.5. The fourth-order valence-corrected chi connectivity index (χ4v) is 2.71. The molecule has 1 atom stereocenters. The summed E-state index contributed by atoms with van der Waals surface area (Å²) in [6.45, 7) is 2.85. The number of quaternary nitrogens is 1. The molecule has 0 bridgehead atoms. The van der Waals surface area contributed by atoms with E-state index in [9.17, 15) is 4.79 Å². The van der Waals surface area contributed by atoms with E-state index in [2.05, 4.69) is 26.2 Å². The summed E-state index contributed by atoms with van der Waals surface area (Å²) in [6, 6.07) is 8.09. The van der Waals surface area contributed by atoms with Crippen molar-refractivity contribution in [1.29, 1.82) is 0 Å². The Kier molecular flexibility index (Phi) is 5.01. The SMILES string of the molecule is COc1ccc([C@H]2CC(=O)N(CCC[NH+](C)C)C2)cc1. The predicted molar refractivity (Wildman–Crippen MR) is 79.2 cm³/mol. The molecule has 1 fully saturated rings. The standard InChI is InChI=1S/C16H24N2O2/c1-17(2)9-4-10-18-12-14(11-16(18)19)13-5-7-15(20-3)8-6-13/h5-8,14H,4,9-12H2,1-3H3/p+1/t14-/m0/s1. The number of likely N-dealkylation sites (tertiary alicyclic amines) is 1. The highest BCUT2D eigenvalue weighted by atomic mass is 16.5. The molecule has 1 N–H and O–H groups in total. The van der Waals surface area contributed by atoms with Crippen LogP contribution in [0.2, 0.25) is 0 Å². The summed E-state index contributed by atoms with van der Waals surface area (Å²) in [4.78, 5) is 15.5. The van der Waals surface area contributed by atoms with Crippen LogP contribution in [0.4, 0.5) is 0 Å². The van der Waals surface area contributed by atoms with E-state index < -0.39 is 0 Å². The Morgan fingerprint density at radius 1 is 1.30 bits per heavy atom. The second-order valence-corrected chi connectivity index (χ2v) is 5.82. The predicted octanol–water partition coefficient (Wildman–Crippen LogP) is 0.546. The van der Waals surface area contributed by atoms with E-state index in [0.717, 1.165) is 31.8 Å². The van der Waals surface area contributed by atoms with Gasteiger partial charge in [0.2, 0.25) is 5.91 Å². The van der Waals surface area contributed by atoms with Gasteiger partial charge in [-0.1, -0.05) is 12.1 Å². The third-order valence-electron chi connectivity index (χ3n) is 3.91. The summed E-state index contributed by atoms with van der Waals surface area (Å²) in [5.41, 5.74) is 1.24. The number of nitrogens with zero attached hydrogens (tertiary/aromatic N) is 1. The van der Waals surface area contributed by atoms with E-state index in [4.69, 9.17) is 4.74 Å². The smallest absolute Gasteiger partial charge is 0.223 e. The molecule has 1 aliphatic rings. The molecule has 0 radical (unpaired) electrons. The molecule has 0 unspecified atom stereocenters. The maximum absolute atomic E-state index is 12.1. The Bertz CT molecular complexity index is 442. The molecule has 1 saturated heterocycles. The van der Waals surface area contributed by atoms with E-state index in [0.29, 0.717) is 18.2 Å². The minimum atomic E-state index is 0.291. The fourth-order valence-electron chi connectivity index (χ4n) is 2.71. The van der Waals surface area contributed by atoms with Crippen LogP contribution in [0.5, 0.6) is 5.75 Å². The maximum atomic E-state index is 12.1. The number of amides is 1. The number of rotatable bonds is 6.